The van der Waals surface area contributed by atoms with E-state index in [0.29, 0.717) is 5.82 Å². The van der Waals surface area contributed by atoms with E-state index in [0.717, 1.165) is 56.2 Å². The molecule has 7 aromatic carbocycles. The van der Waals surface area contributed by atoms with E-state index in [4.69, 9.17) is 15.0 Å². The van der Waals surface area contributed by atoms with Gasteiger partial charge in [0.1, 0.15) is 5.65 Å². The first kappa shape index (κ1) is 32.5. The molecular formula is C54H34N4. The van der Waals surface area contributed by atoms with E-state index in [1.54, 1.807) is 0 Å². The van der Waals surface area contributed by atoms with Crippen LogP contribution in [0.25, 0.3) is 84.3 Å². The van der Waals surface area contributed by atoms with Crippen molar-refractivity contribution in [1.82, 2.24) is 19.4 Å². The lowest BCUT2D eigenvalue weighted by molar-refractivity contribution is 0.794. The molecule has 4 nitrogen and oxygen atoms in total. The third-order valence-corrected chi connectivity index (χ3v) is 12.1. The lowest BCUT2D eigenvalue weighted by Gasteiger charge is -2.30. The molecule has 2 aliphatic carbocycles. The van der Waals surface area contributed by atoms with Gasteiger partial charge in [-0.05, 0) is 68.8 Å². The Morgan fingerprint density at radius 2 is 0.845 bits per heavy atom. The maximum Gasteiger partial charge on any atom is 0.161 e. The second-order valence-electron chi connectivity index (χ2n) is 15.1. The molecule has 0 N–H and O–H groups in total. The van der Waals surface area contributed by atoms with Crippen molar-refractivity contribution in [3.05, 3.63) is 229 Å². The maximum absolute atomic E-state index is 5.49. The summed E-state index contributed by atoms with van der Waals surface area (Å²) in [6.07, 6.45) is 2.09. The first-order valence-corrected chi connectivity index (χ1v) is 19.8. The normalized spacial score (nSPS) is 13.0. The van der Waals surface area contributed by atoms with Crippen LogP contribution in [0.2, 0.25) is 0 Å². The molecule has 270 valence electrons. The van der Waals surface area contributed by atoms with Crippen LogP contribution in [0.3, 0.4) is 0 Å². The molecule has 0 fully saturated rings. The van der Waals surface area contributed by atoms with Gasteiger partial charge in [0, 0.05) is 34.0 Å². The number of nitrogens with zero attached hydrogens (tertiary/aromatic N) is 4. The number of fused-ring (bicyclic) bond motifs is 11. The van der Waals surface area contributed by atoms with Gasteiger partial charge >= 0.3 is 0 Å². The highest BCUT2D eigenvalue weighted by molar-refractivity contribution is 5.96. The van der Waals surface area contributed by atoms with Crippen LogP contribution in [-0.2, 0) is 5.41 Å². The summed E-state index contributed by atoms with van der Waals surface area (Å²) in [6, 6.07) is 71.4. The maximum atomic E-state index is 5.49. The van der Waals surface area contributed by atoms with E-state index in [9.17, 15) is 0 Å². The molecule has 0 radical (unpaired) electrons. The summed E-state index contributed by atoms with van der Waals surface area (Å²) in [6.45, 7) is 0. The van der Waals surface area contributed by atoms with Gasteiger partial charge in [-0.25, -0.2) is 15.0 Å². The largest absolute Gasteiger partial charge is 0.299 e. The van der Waals surface area contributed by atoms with Gasteiger partial charge in [0.05, 0.1) is 28.2 Å². The van der Waals surface area contributed by atoms with Gasteiger partial charge in [0.15, 0.2) is 5.82 Å². The molecule has 0 saturated heterocycles. The Morgan fingerprint density at radius 3 is 1.48 bits per heavy atom. The number of aromatic nitrogens is 4. The van der Waals surface area contributed by atoms with E-state index in [-0.39, 0.29) is 0 Å². The van der Waals surface area contributed by atoms with Gasteiger partial charge in [-0.2, -0.15) is 0 Å². The monoisotopic (exact) mass is 738 g/mol. The lowest BCUT2D eigenvalue weighted by atomic mass is 9.70. The minimum Gasteiger partial charge on any atom is -0.299 e. The Labute approximate surface area is 336 Å². The molecule has 10 aromatic rings. The molecule has 3 heterocycles. The number of rotatable bonds is 5. The van der Waals surface area contributed by atoms with Crippen LogP contribution in [-0.4, -0.2) is 19.4 Å². The molecule has 58 heavy (non-hydrogen) atoms. The van der Waals surface area contributed by atoms with E-state index in [1.165, 1.54) is 44.5 Å². The van der Waals surface area contributed by atoms with Crippen LogP contribution >= 0.6 is 0 Å². The van der Waals surface area contributed by atoms with Gasteiger partial charge in [0.25, 0.3) is 0 Å². The van der Waals surface area contributed by atoms with E-state index in [1.807, 2.05) is 18.2 Å². The van der Waals surface area contributed by atoms with Crippen LogP contribution in [0, 0.1) is 0 Å². The second-order valence-corrected chi connectivity index (χ2v) is 15.1. The van der Waals surface area contributed by atoms with Crippen LogP contribution < -0.4 is 0 Å². The standard InChI is InChI=1S/C54H34N4/c1-3-17-35(18-4-1)48-34-49(56-53(55-48)43-25-8-7-24-42(43)52-51(36-19-5-2-6-20-36)57-50-29-15-16-32-58(50)52)37-30-31-41-40-23-11-14-28-46(40)54(47(41)33-37)44-26-12-9-21-38(44)39-22-10-13-27-45(39)54/h1-34H. The fourth-order valence-electron chi connectivity index (χ4n) is 9.66. The van der Waals surface area contributed by atoms with Gasteiger partial charge in [-0.15, -0.1) is 0 Å². The first-order valence-electron chi connectivity index (χ1n) is 19.8. The molecule has 0 saturated carbocycles. The van der Waals surface area contributed by atoms with E-state index < -0.39 is 5.41 Å². The average Bonchev–Trinajstić information content (AvgIpc) is 3.94. The molecule has 1 spiro atoms. The Morgan fingerprint density at radius 1 is 0.345 bits per heavy atom. The molecule has 0 amide bonds. The van der Waals surface area contributed by atoms with Crippen LogP contribution in [0.15, 0.2) is 206 Å². The number of benzene rings is 7. The Hall–Kier alpha value is -7.69. The van der Waals surface area contributed by atoms with Crippen molar-refractivity contribution in [1.29, 1.82) is 0 Å². The third kappa shape index (κ3) is 4.66. The van der Waals surface area contributed by atoms with Gasteiger partial charge in [0.2, 0.25) is 0 Å². The fraction of sp³-hybridized carbons (Fsp3) is 0.0185. The highest BCUT2D eigenvalue weighted by Crippen LogP contribution is 2.63. The molecule has 0 atom stereocenters. The zero-order chi connectivity index (χ0) is 38.2. The van der Waals surface area contributed by atoms with Crippen molar-refractivity contribution < 1.29 is 0 Å². The number of imidazole rings is 1. The second kappa shape index (κ2) is 12.7. The minimum absolute atomic E-state index is 0.448. The fourth-order valence-corrected chi connectivity index (χ4v) is 9.66. The molecule has 4 heteroatoms. The summed E-state index contributed by atoms with van der Waals surface area (Å²) in [5.41, 5.74) is 19.6. The summed E-state index contributed by atoms with van der Waals surface area (Å²) in [7, 11) is 0. The lowest BCUT2D eigenvalue weighted by Crippen LogP contribution is -2.25. The van der Waals surface area contributed by atoms with Crippen molar-refractivity contribution in [2.75, 3.05) is 0 Å². The predicted molar refractivity (Wildman–Crippen MR) is 234 cm³/mol. The quantitative estimate of drug-likeness (QED) is 0.177. The summed E-state index contributed by atoms with van der Waals surface area (Å²) in [5.74, 6) is 0.659. The highest BCUT2D eigenvalue weighted by atomic mass is 15.0. The molecule has 0 bridgehead atoms. The molecule has 2 aliphatic rings. The topological polar surface area (TPSA) is 43.1 Å². The van der Waals surface area contributed by atoms with Crippen molar-refractivity contribution in [2.24, 2.45) is 0 Å². The molecule has 12 rings (SSSR count). The number of hydrogen-bond acceptors (Lipinski definition) is 3. The van der Waals surface area contributed by atoms with Gasteiger partial charge < -0.3 is 0 Å². The van der Waals surface area contributed by atoms with Gasteiger partial charge in [-0.3, -0.25) is 4.40 Å². The van der Waals surface area contributed by atoms with Crippen LogP contribution in [0.4, 0.5) is 0 Å². The van der Waals surface area contributed by atoms with Crippen molar-refractivity contribution >= 4 is 5.65 Å². The van der Waals surface area contributed by atoms with Crippen molar-refractivity contribution in [3.8, 4) is 78.7 Å². The summed E-state index contributed by atoms with van der Waals surface area (Å²) in [4.78, 5) is 16.0. The molecule has 3 aromatic heterocycles. The van der Waals surface area contributed by atoms with E-state index >= 15 is 0 Å². The summed E-state index contributed by atoms with van der Waals surface area (Å²) in [5, 5.41) is 0. The first-order chi connectivity index (χ1) is 28.8. The minimum atomic E-state index is -0.448. The molecule has 0 unspecified atom stereocenters. The Bertz CT molecular complexity index is 3170. The van der Waals surface area contributed by atoms with Crippen LogP contribution in [0.5, 0.6) is 0 Å². The third-order valence-electron chi connectivity index (χ3n) is 12.1. The highest BCUT2D eigenvalue weighted by Gasteiger charge is 2.51. The SMILES string of the molecule is c1ccc(-c2cc(-c3ccc4c(c3)C3(c5ccccc5-c5ccccc53)c3ccccc3-4)nc(-c3ccccc3-c3c(-c4ccccc4)nc4ccccn34)n2)cc1. The zero-order valence-electron chi connectivity index (χ0n) is 31.4. The smallest absolute Gasteiger partial charge is 0.161 e. The average molecular weight is 739 g/mol. The van der Waals surface area contributed by atoms with Crippen molar-refractivity contribution in [2.45, 2.75) is 5.41 Å². The summed E-state index contributed by atoms with van der Waals surface area (Å²) >= 11 is 0. The van der Waals surface area contributed by atoms with E-state index in [2.05, 4.69) is 193 Å². The number of pyridine rings is 1. The van der Waals surface area contributed by atoms with Gasteiger partial charge in [-0.1, -0.05) is 176 Å². The van der Waals surface area contributed by atoms with Crippen molar-refractivity contribution in [3.63, 3.8) is 0 Å². The molecular weight excluding hydrogens is 705 g/mol. The Balaban J connectivity index is 1.10. The zero-order valence-corrected chi connectivity index (χ0v) is 31.4. The summed E-state index contributed by atoms with van der Waals surface area (Å²) < 4.78 is 2.18. The number of hydrogen-bond donors (Lipinski definition) is 0. The Kier molecular flexibility index (Phi) is 7.11. The molecule has 0 aliphatic heterocycles. The predicted octanol–water partition coefficient (Wildman–Crippen LogP) is 12.8. The van der Waals surface area contributed by atoms with Crippen LogP contribution in [0.1, 0.15) is 22.3 Å².